The first-order valence-electron chi connectivity index (χ1n) is 2.26. The molecule has 0 saturated heterocycles. The number of hydrogen-bond acceptors (Lipinski definition) is 4. The van der Waals surface area contributed by atoms with Gasteiger partial charge in [-0.1, -0.05) is 11.3 Å². The van der Waals surface area contributed by atoms with Crippen LogP contribution >= 0.6 is 11.3 Å². The van der Waals surface area contributed by atoms with Crippen molar-refractivity contribution in [3.05, 3.63) is 9.67 Å². The summed E-state index contributed by atoms with van der Waals surface area (Å²) in [4.78, 5) is 13.5. The van der Waals surface area contributed by atoms with Crippen LogP contribution in [0.2, 0.25) is 0 Å². The Morgan fingerprint density at radius 2 is 2.33 bits per heavy atom. The molecule has 0 aliphatic carbocycles. The third kappa shape index (κ3) is 0.563. The molecule has 0 unspecified atom stereocenters. The number of nitrogens with zero attached hydrogens (tertiary/aromatic N) is 2. The number of thiazole rings is 1. The molecule has 5 nitrogen and oxygen atoms in total. The molecule has 2 rings (SSSR count). The molecule has 9 heavy (non-hydrogen) atoms. The highest BCUT2D eigenvalue weighted by molar-refractivity contribution is 7.15. The summed E-state index contributed by atoms with van der Waals surface area (Å²) in [6.07, 6.45) is 0. The summed E-state index contributed by atoms with van der Waals surface area (Å²) in [5.74, 6) is 0. The largest absolute Gasteiger partial charge is 0.308 e. The zero-order valence-corrected chi connectivity index (χ0v) is 5.03. The van der Waals surface area contributed by atoms with E-state index in [9.17, 15) is 4.79 Å². The molecule has 0 spiro atoms. The van der Waals surface area contributed by atoms with Crippen LogP contribution in [0.3, 0.4) is 0 Å². The molecule has 0 aromatic carbocycles. The van der Waals surface area contributed by atoms with Crippen molar-refractivity contribution in [3.63, 3.8) is 0 Å². The molecular weight excluding hydrogens is 140 g/mol. The zero-order chi connectivity index (χ0) is 6.27. The topological polar surface area (TPSA) is 74.4 Å². The third-order valence-corrected chi connectivity index (χ3v) is 1.69. The average Bonchev–Trinajstić information content (AvgIpc) is 2.22. The van der Waals surface area contributed by atoms with Gasteiger partial charge in [-0.2, -0.15) is 5.21 Å². The summed E-state index contributed by atoms with van der Waals surface area (Å²) in [7, 11) is 0. The molecule has 0 aliphatic rings. The SMILES string of the molecule is O=c1[nH]c2n[nH]nc2s1. The van der Waals surface area contributed by atoms with Gasteiger partial charge in [0, 0.05) is 0 Å². The maximum absolute atomic E-state index is 10.5. The lowest BCUT2D eigenvalue weighted by atomic mass is 10.8. The summed E-state index contributed by atoms with van der Waals surface area (Å²) in [6, 6.07) is 0. The quantitative estimate of drug-likeness (QED) is 0.530. The minimum atomic E-state index is -0.117. The minimum absolute atomic E-state index is 0.117. The average molecular weight is 142 g/mol. The van der Waals surface area contributed by atoms with E-state index in [1.807, 2.05) is 0 Å². The Balaban J connectivity index is 3.08. The fourth-order valence-electron chi connectivity index (χ4n) is 0.584. The molecule has 6 heteroatoms. The van der Waals surface area contributed by atoms with Crippen molar-refractivity contribution in [1.29, 1.82) is 0 Å². The van der Waals surface area contributed by atoms with Crippen molar-refractivity contribution < 1.29 is 0 Å². The molecule has 46 valence electrons. The van der Waals surface area contributed by atoms with E-state index in [4.69, 9.17) is 0 Å². The first kappa shape index (κ1) is 4.68. The van der Waals surface area contributed by atoms with E-state index in [2.05, 4.69) is 20.4 Å². The van der Waals surface area contributed by atoms with Gasteiger partial charge in [-0.05, 0) is 0 Å². The van der Waals surface area contributed by atoms with E-state index in [1.165, 1.54) is 0 Å². The fraction of sp³-hybridized carbons (Fsp3) is 0. The Hall–Kier alpha value is -1.17. The van der Waals surface area contributed by atoms with Crippen LogP contribution < -0.4 is 4.87 Å². The van der Waals surface area contributed by atoms with Gasteiger partial charge in [-0.15, -0.1) is 10.2 Å². The normalized spacial score (nSPS) is 10.7. The van der Waals surface area contributed by atoms with E-state index < -0.39 is 0 Å². The van der Waals surface area contributed by atoms with E-state index in [1.54, 1.807) is 0 Å². The molecule has 2 N–H and O–H groups in total. The number of rotatable bonds is 0. The molecule has 0 bridgehead atoms. The van der Waals surface area contributed by atoms with Gasteiger partial charge < -0.3 is 0 Å². The van der Waals surface area contributed by atoms with Crippen LogP contribution in [0.4, 0.5) is 0 Å². The number of H-pyrrole nitrogens is 2. The highest BCUT2D eigenvalue weighted by atomic mass is 32.1. The van der Waals surface area contributed by atoms with E-state index in [0.29, 0.717) is 10.5 Å². The predicted molar refractivity (Wildman–Crippen MR) is 32.4 cm³/mol. The maximum Gasteiger partial charge on any atom is 0.308 e. The standard InChI is InChI=1S/C3H2N4OS/c8-3-4-1-2(9-3)6-7-5-1/h(H2,4,5,6,7,8). The highest BCUT2D eigenvalue weighted by Gasteiger charge is 1.99. The summed E-state index contributed by atoms with van der Waals surface area (Å²) in [6.45, 7) is 0. The summed E-state index contributed by atoms with van der Waals surface area (Å²) in [5, 5.41) is 9.73. The lowest BCUT2D eigenvalue weighted by molar-refractivity contribution is 0.953. The van der Waals surface area contributed by atoms with Crippen molar-refractivity contribution in [2.24, 2.45) is 0 Å². The van der Waals surface area contributed by atoms with Crippen LogP contribution in [-0.4, -0.2) is 20.4 Å². The van der Waals surface area contributed by atoms with Gasteiger partial charge in [0.15, 0.2) is 10.5 Å². The third-order valence-electron chi connectivity index (χ3n) is 0.926. The van der Waals surface area contributed by atoms with Gasteiger partial charge >= 0.3 is 4.87 Å². The number of hydrogen-bond donors (Lipinski definition) is 2. The molecule has 0 saturated carbocycles. The predicted octanol–water partition coefficient (Wildman–Crippen LogP) is -0.292. The van der Waals surface area contributed by atoms with Crippen molar-refractivity contribution >= 4 is 21.8 Å². The van der Waals surface area contributed by atoms with E-state index in [0.717, 1.165) is 11.3 Å². The maximum atomic E-state index is 10.5. The first-order chi connectivity index (χ1) is 4.36. The Kier molecular flexibility index (Phi) is 0.734. The Labute approximate surface area is 52.7 Å². The van der Waals surface area contributed by atoms with Crippen molar-refractivity contribution in [2.75, 3.05) is 0 Å². The first-order valence-corrected chi connectivity index (χ1v) is 3.07. The Bertz CT molecular complexity index is 338. The number of aromatic amines is 2. The van der Waals surface area contributed by atoms with E-state index >= 15 is 0 Å². The molecule has 0 aliphatic heterocycles. The molecule has 0 atom stereocenters. The molecule has 2 heterocycles. The fourth-order valence-corrected chi connectivity index (χ4v) is 1.19. The Morgan fingerprint density at radius 3 is 3.11 bits per heavy atom. The molecular formula is C3H2N4OS. The number of fused-ring (bicyclic) bond motifs is 1. The second-order valence-electron chi connectivity index (χ2n) is 1.49. The summed E-state index contributed by atoms with van der Waals surface area (Å²) in [5.41, 5.74) is 0.532. The highest BCUT2D eigenvalue weighted by Crippen LogP contribution is 2.03. The number of aromatic nitrogens is 4. The van der Waals surface area contributed by atoms with E-state index in [-0.39, 0.29) is 4.87 Å². The Morgan fingerprint density at radius 1 is 1.44 bits per heavy atom. The lowest BCUT2D eigenvalue weighted by Crippen LogP contribution is -1.90. The molecule has 2 aromatic rings. The van der Waals surface area contributed by atoms with Crippen LogP contribution in [0, 0.1) is 0 Å². The smallest absolute Gasteiger partial charge is 0.294 e. The molecule has 0 radical (unpaired) electrons. The van der Waals surface area contributed by atoms with Gasteiger partial charge in [0.1, 0.15) is 0 Å². The second-order valence-corrected chi connectivity index (χ2v) is 2.45. The van der Waals surface area contributed by atoms with Crippen molar-refractivity contribution in [2.45, 2.75) is 0 Å². The van der Waals surface area contributed by atoms with Crippen LogP contribution in [0.15, 0.2) is 4.79 Å². The van der Waals surface area contributed by atoms with Crippen LogP contribution in [0.1, 0.15) is 0 Å². The van der Waals surface area contributed by atoms with Gasteiger partial charge in [-0.3, -0.25) is 9.78 Å². The minimum Gasteiger partial charge on any atom is -0.294 e. The van der Waals surface area contributed by atoms with Crippen LogP contribution in [-0.2, 0) is 0 Å². The number of nitrogens with one attached hydrogen (secondary N) is 2. The van der Waals surface area contributed by atoms with Gasteiger partial charge in [0.2, 0.25) is 0 Å². The molecule has 0 fully saturated rings. The lowest BCUT2D eigenvalue weighted by Gasteiger charge is -1.61. The molecule has 0 amide bonds. The van der Waals surface area contributed by atoms with Crippen molar-refractivity contribution in [3.8, 4) is 0 Å². The second kappa shape index (κ2) is 1.41. The van der Waals surface area contributed by atoms with Gasteiger partial charge in [0.25, 0.3) is 0 Å². The summed E-state index contributed by atoms with van der Waals surface area (Å²) >= 11 is 1.04. The van der Waals surface area contributed by atoms with Crippen LogP contribution in [0.25, 0.3) is 10.5 Å². The monoisotopic (exact) mass is 142 g/mol. The van der Waals surface area contributed by atoms with Gasteiger partial charge in [0.05, 0.1) is 0 Å². The summed E-state index contributed by atoms with van der Waals surface area (Å²) < 4.78 is 0. The zero-order valence-electron chi connectivity index (χ0n) is 4.21. The van der Waals surface area contributed by atoms with Crippen molar-refractivity contribution in [1.82, 2.24) is 20.4 Å². The van der Waals surface area contributed by atoms with Crippen LogP contribution in [0.5, 0.6) is 0 Å². The van der Waals surface area contributed by atoms with Gasteiger partial charge in [-0.25, -0.2) is 0 Å². The molecule has 2 aromatic heterocycles.